The molecule has 0 unspecified atom stereocenters. The molecular weight excluding hydrogens is 248 g/mol. The van der Waals surface area contributed by atoms with Gasteiger partial charge >= 0.3 is 0 Å². The first-order chi connectivity index (χ1) is 7.85. The third kappa shape index (κ3) is 4.21. The molecule has 0 saturated carbocycles. The van der Waals surface area contributed by atoms with Gasteiger partial charge in [0.25, 0.3) is 0 Å². The van der Waals surface area contributed by atoms with Crippen LogP contribution in [-0.2, 0) is 0 Å². The lowest BCUT2D eigenvalue weighted by Crippen LogP contribution is -2.27. The Bertz CT molecular complexity index is 414. The number of anilines is 1. The third-order valence-electron chi connectivity index (χ3n) is 2.70. The van der Waals surface area contributed by atoms with Crippen LogP contribution in [0.1, 0.15) is 25.0 Å². The molecule has 1 rings (SSSR count). The summed E-state index contributed by atoms with van der Waals surface area (Å²) >= 11 is 6.91. The van der Waals surface area contributed by atoms with Crippen molar-refractivity contribution in [2.75, 3.05) is 18.1 Å². The van der Waals surface area contributed by atoms with Crippen LogP contribution < -0.4 is 11.1 Å². The second-order valence-corrected chi connectivity index (χ2v) is 6.68. The number of benzene rings is 1. The van der Waals surface area contributed by atoms with Gasteiger partial charge in [0.15, 0.2) is 0 Å². The number of rotatable bonds is 5. The van der Waals surface area contributed by atoms with Gasteiger partial charge in [-0.05, 0) is 39.2 Å². The van der Waals surface area contributed by atoms with Gasteiger partial charge in [-0.15, -0.1) is 0 Å². The van der Waals surface area contributed by atoms with Crippen LogP contribution in [-0.4, -0.2) is 22.5 Å². The van der Waals surface area contributed by atoms with Gasteiger partial charge in [-0.2, -0.15) is 11.8 Å². The van der Waals surface area contributed by atoms with Crippen molar-refractivity contribution in [3.05, 3.63) is 29.3 Å². The molecule has 94 valence electrons. The van der Waals surface area contributed by atoms with Crippen LogP contribution in [0.2, 0.25) is 0 Å². The van der Waals surface area contributed by atoms with Gasteiger partial charge in [0.1, 0.15) is 4.99 Å². The van der Waals surface area contributed by atoms with Gasteiger partial charge < -0.3 is 11.1 Å². The third-order valence-corrected chi connectivity index (χ3v) is 4.17. The molecule has 1 aromatic carbocycles. The molecule has 4 heteroatoms. The van der Waals surface area contributed by atoms with Gasteiger partial charge in [-0.1, -0.05) is 23.8 Å². The van der Waals surface area contributed by atoms with E-state index < -0.39 is 0 Å². The van der Waals surface area contributed by atoms with Crippen molar-refractivity contribution in [1.29, 1.82) is 0 Å². The Labute approximate surface area is 113 Å². The van der Waals surface area contributed by atoms with Crippen LogP contribution >= 0.6 is 24.0 Å². The number of thiocarbonyl (C=S) groups is 1. The van der Waals surface area contributed by atoms with E-state index in [1.54, 1.807) is 0 Å². The van der Waals surface area contributed by atoms with E-state index in [9.17, 15) is 0 Å². The lowest BCUT2D eigenvalue weighted by atomic mass is 10.1. The maximum atomic E-state index is 5.74. The first kappa shape index (κ1) is 14.3. The van der Waals surface area contributed by atoms with E-state index in [4.69, 9.17) is 18.0 Å². The van der Waals surface area contributed by atoms with Crippen LogP contribution in [0, 0.1) is 6.92 Å². The summed E-state index contributed by atoms with van der Waals surface area (Å²) in [7, 11) is 0. The Morgan fingerprint density at radius 2 is 2.12 bits per heavy atom. The summed E-state index contributed by atoms with van der Waals surface area (Å²) in [5.74, 6) is 0. The van der Waals surface area contributed by atoms with Crippen molar-refractivity contribution >= 4 is 34.7 Å². The molecule has 0 aromatic heterocycles. The van der Waals surface area contributed by atoms with Gasteiger partial charge in [0.05, 0.1) is 0 Å². The Morgan fingerprint density at radius 1 is 1.47 bits per heavy atom. The second-order valence-electron chi connectivity index (χ2n) is 4.73. The lowest BCUT2D eigenvalue weighted by Gasteiger charge is -2.24. The Hall–Kier alpha value is -0.740. The quantitative estimate of drug-likeness (QED) is 0.804. The standard InChI is InChI=1S/C13H20N2S2/c1-9-5-6-11(10(7-9)12(14)16)15-8-13(2,3)17-4/h5-7,15H,8H2,1-4H3,(H2,14,16). The molecule has 0 aliphatic carbocycles. The maximum absolute atomic E-state index is 5.74. The number of nitrogens with two attached hydrogens (primary N) is 1. The van der Waals surface area contributed by atoms with Crippen molar-refractivity contribution in [2.45, 2.75) is 25.5 Å². The van der Waals surface area contributed by atoms with Crippen LogP contribution in [0.5, 0.6) is 0 Å². The van der Waals surface area contributed by atoms with Crippen molar-refractivity contribution in [3.8, 4) is 0 Å². The number of nitrogens with one attached hydrogen (secondary N) is 1. The highest BCUT2D eigenvalue weighted by Crippen LogP contribution is 2.23. The van der Waals surface area contributed by atoms with Crippen LogP contribution in [0.3, 0.4) is 0 Å². The Balaban J connectivity index is 2.88. The molecule has 1 aromatic rings. The molecule has 3 N–H and O–H groups in total. The van der Waals surface area contributed by atoms with Gasteiger partial charge in [-0.3, -0.25) is 0 Å². The van der Waals surface area contributed by atoms with Gasteiger partial charge in [0.2, 0.25) is 0 Å². The van der Waals surface area contributed by atoms with Crippen LogP contribution in [0.15, 0.2) is 18.2 Å². The zero-order chi connectivity index (χ0) is 13.1. The average molecular weight is 268 g/mol. The molecule has 0 amide bonds. The minimum absolute atomic E-state index is 0.193. The predicted octanol–water partition coefficient (Wildman–Crippen LogP) is 3.18. The topological polar surface area (TPSA) is 38.0 Å². The first-order valence-corrected chi connectivity index (χ1v) is 7.18. The van der Waals surface area contributed by atoms with E-state index in [2.05, 4.69) is 31.5 Å². The second kappa shape index (κ2) is 5.74. The maximum Gasteiger partial charge on any atom is 0.106 e. The Morgan fingerprint density at radius 3 is 2.65 bits per heavy atom. The summed E-state index contributed by atoms with van der Waals surface area (Å²) < 4.78 is 0.193. The summed E-state index contributed by atoms with van der Waals surface area (Å²) in [6.45, 7) is 7.34. The number of aryl methyl sites for hydroxylation is 1. The number of thioether (sulfide) groups is 1. The molecule has 0 heterocycles. The Kier molecular flexibility index (Phi) is 4.83. The molecule has 0 saturated heterocycles. The number of hydrogen-bond acceptors (Lipinski definition) is 3. The minimum atomic E-state index is 0.193. The summed E-state index contributed by atoms with van der Waals surface area (Å²) in [5.41, 5.74) is 8.86. The molecule has 0 bridgehead atoms. The van der Waals surface area contributed by atoms with E-state index in [0.29, 0.717) is 4.99 Å². The highest BCUT2D eigenvalue weighted by atomic mass is 32.2. The van der Waals surface area contributed by atoms with E-state index in [1.807, 2.05) is 30.8 Å². The molecule has 0 spiro atoms. The van der Waals surface area contributed by atoms with Crippen molar-refractivity contribution < 1.29 is 0 Å². The number of hydrogen-bond donors (Lipinski definition) is 2. The van der Waals surface area contributed by atoms with Crippen molar-refractivity contribution in [3.63, 3.8) is 0 Å². The SMILES string of the molecule is CSC(C)(C)CNc1ccc(C)cc1C(N)=S. The normalized spacial score (nSPS) is 11.3. The summed E-state index contributed by atoms with van der Waals surface area (Å²) in [5, 5.41) is 3.42. The van der Waals surface area contributed by atoms with E-state index in [1.165, 1.54) is 5.56 Å². The minimum Gasteiger partial charge on any atom is -0.389 e. The smallest absolute Gasteiger partial charge is 0.106 e. The zero-order valence-corrected chi connectivity index (χ0v) is 12.5. The van der Waals surface area contributed by atoms with Gasteiger partial charge in [0, 0.05) is 22.5 Å². The largest absolute Gasteiger partial charge is 0.389 e. The fourth-order valence-corrected chi connectivity index (χ4v) is 1.78. The molecule has 0 atom stereocenters. The fourth-order valence-electron chi connectivity index (χ4n) is 1.40. The first-order valence-electron chi connectivity index (χ1n) is 5.55. The zero-order valence-electron chi connectivity index (χ0n) is 10.8. The molecular formula is C13H20N2S2. The van der Waals surface area contributed by atoms with Crippen molar-refractivity contribution in [2.24, 2.45) is 5.73 Å². The molecule has 0 aliphatic heterocycles. The fraction of sp³-hybridized carbons (Fsp3) is 0.462. The highest BCUT2D eigenvalue weighted by Gasteiger charge is 2.16. The van der Waals surface area contributed by atoms with Crippen LogP contribution in [0.4, 0.5) is 5.69 Å². The molecule has 0 radical (unpaired) electrons. The highest BCUT2D eigenvalue weighted by molar-refractivity contribution is 7.99. The van der Waals surface area contributed by atoms with E-state index in [0.717, 1.165) is 17.8 Å². The van der Waals surface area contributed by atoms with E-state index >= 15 is 0 Å². The molecule has 2 nitrogen and oxygen atoms in total. The molecule has 0 fully saturated rings. The predicted molar refractivity (Wildman–Crippen MR) is 83.2 cm³/mol. The summed E-state index contributed by atoms with van der Waals surface area (Å²) in [6, 6.07) is 6.13. The van der Waals surface area contributed by atoms with Gasteiger partial charge in [-0.25, -0.2) is 0 Å². The summed E-state index contributed by atoms with van der Waals surface area (Å²) in [6.07, 6.45) is 2.12. The monoisotopic (exact) mass is 268 g/mol. The van der Waals surface area contributed by atoms with Crippen molar-refractivity contribution in [1.82, 2.24) is 0 Å². The molecule has 17 heavy (non-hydrogen) atoms. The lowest BCUT2D eigenvalue weighted by molar-refractivity contribution is 0.752. The van der Waals surface area contributed by atoms with Crippen LogP contribution in [0.25, 0.3) is 0 Å². The summed E-state index contributed by atoms with van der Waals surface area (Å²) in [4.78, 5) is 0.443. The average Bonchev–Trinajstić information content (AvgIpc) is 2.27. The van der Waals surface area contributed by atoms with E-state index in [-0.39, 0.29) is 4.75 Å². The molecule has 0 aliphatic rings.